The molecule has 0 fully saturated rings. The Morgan fingerprint density at radius 1 is 0.379 bits per heavy atom. The SMILES string of the molecule is c1ccc(-c2cccc3c2oc2c(-c4cccc5ccccc45)cccc23)cc1. The smallest absolute Gasteiger partial charge is 0.143 e. The highest BCUT2D eigenvalue weighted by atomic mass is 16.3. The Labute approximate surface area is 168 Å². The molecule has 6 rings (SSSR count). The molecule has 0 atom stereocenters. The minimum absolute atomic E-state index is 0.946. The zero-order chi connectivity index (χ0) is 19.2. The van der Waals surface area contributed by atoms with Crippen LogP contribution in [0.15, 0.2) is 114 Å². The summed E-state index contributed by atoms with van der Waals surface area (Å²) in [5, 5.41) is 4.79. The Morgan fingerprint density at radius 3 is 1.76 bits per heavy atom. The van der Waals surface area contributed by atoms with Crippen molar-refractivity contribution in [3.63, 3.8) is 0 Å². The van der Waals surface area contributed by atoms with Gasteiger partial charge in [0.25, 0.3) is 0 Å². The van der Waals surface area contributed by atoms with Crippen LogP contribution in [0.25, 0.3) is 55.0 Å². The van der Waals surface area contributed by atoms with Crippen LogP contribution in [0, 0.1) is 0 Å². The van der Waals surface area contributed by atoms with Crippen LogP contribution in [0.2, 0.25) is 0 Å². The molecule has 5 aromatic carbocycles. The summed E-state index contributed by atoms with van der Waals surface area (Å²) >= 11 is 0. The summed E-state index contributed by atoms with van der Waals surface area (Å²) in [5.74, 6) is 0. The van der Waals surface area contributed by atoms with Crippen molar-refractivity contribution in [3.05, 3.63) is 109 Å². The average molecular weight is 370 g/mol. The van der Waals surface area contributed by atoms with E-state index < -0.39 is 0 Å². The maximum atomic E-state index is 6.57. The quantitative estimate of drug-likeness (QED) is 0.300. The summed E-state index contributed by atoms with van der Waals surface area (Å²) in [6.07, 6.45) is 0. The first kappa shape index (κ1) is 16.1. The van der Waals surface area contributed by atoms with Gasteiger partial charge >= 0.3 is 0 Å². The highest BCUT2D eigenvalue weighted by Gasteiger charge is 2.16. The van der Waals surface area contributed by atoms with Gasteiger partial charge < -0.3 is 4.42 Å². The molecular weight excluding hydrogens is 352 g/mol. The van der Waals surface area contributed by atoms with Gasteiger partial charge in [0.2, 0.25) is 0 Å². The van der Waals surface area contributed by atoms with E-state index in [9.17, 15) is 0 Å². The summed E-state index contributed by atoms with van der Waals surface area (Å²) < 4.78 is 6.57. The van der Waals surface area contributed by atoms with E-state index in [0.717, 1.165) is 33.1 Å². The van der Waals surface area contributed by atoms with E-state index in [0.29, 0.717) is 0 Å². The molecule has 0 aliphatic carbocycles. The van der Waals surface area contributed by atoms with E-state index in [-0.39, 0.29) is 0 Å². The number of fused-ring (bicyclic) bond motifs is 4. The molecule has 0 aliphatic rings. The molecule has 0 spiro atoms. The minimum Gasteiger partial charge on any atom is -0.455 e. The van der Waals surface area contributed by atoms with Crippen LogP contribution < -0.4 is 0 Å². The molecule has 0 aliphatic heterocycles. The van der Waals surface area contributed by atoms with Crippen molar-refractivity contribution in [2.24, 2.45) is 0 Å². The molecule has 6 aromatic rings. The highest BCUT2D eigenvalue weighted by molar-refractivity contribution is 6.14. The van der Waals surface area contributed by atoms with E-state index in [4.69, 9.17) is 4.42 Å². The van der Waals surface area contributed by atoms with Gasteiger partial charge in [-0.25, -0.2) is 0 Å². The second-order valence-corrected chi connectivity index (χ2v) is 7.36. The fraction of sp³-hybridized carbons (Fsp3) is 0. The molecule has 0 saturated heterocycles. The summed E-state index contributed by atoms with van der Waals surface area (Å²) in [6, 6.07) is 38.3. The van der Waals surface area contributed by atoms with Gasteiger partial charge in [-0.3, -0.25) is 0 Å². The Balaban J connectivity index is 1.70. The molecular formula is C28H18O. The minimum atomic E-state index is 0.946. The maximum Gasteiger partial charge on any atom is 0.143 e. The standard InChI is InChI=1S/C28H18O/c1-2-9-20(10-3-1)22-14-7-17-25-26-18-8-16-24(28(26)29-27(22)25)23-15-6-12-19-11-4-5-13-21(19)23/h1-18H. The van der Waals surface area contributed by atoms with Crippen molar-refractivity contribution in [2.45, 2.75) is 0 Å². The molecule has 0 saturated carbocycles. The molecule has 1 heteroatoms. The van der Waals surface area contributed by atoms with Crippen LogP contribution in [0.5, 0.6) is 0 Å². The predicted octanol–water partition coefficient (Wildman–Crippen LogP) is 8.07. The van der Waals surface area contributed by atoms with Crippen LogP contribution in [0.3, 0.4) is 0 Å². The molecule has 136 valence electrons. The summed E-state index contributed by atoms with van der Waals surface area (Å²) in [6.45, 7) is 0. The molecule has 0 amide bonds. The van der Waals surface area contributed by atoms with Gasteiger partial charge in [0.05, 0.1) is 0 Å². The lowest BCUT2D eigenvalue weighted by Crippen LogP contribution is -1.82. The maximum absolute atomic E-state index is 6.57. The normalized spacial score (nSPS) is 11.4. The van der Waals surface area contributed by atoms with Crippen molar-refractivity contribution in [2.75, 3.05) is 0 Å². The molecule has 0 bridgehead atoms. The van der Waals surface area contributed by atoms with Crippen molar-refractivity contribution < 1.29 is 4.42 Å². The monoisotopic (exact) mass is 370 g/mol. The lowest BCUT2D eigenvalue weighted by Gasteiger charge is -2.07. The molecule has 1 aromatic heterocycles. The Morgan fingerprint density at radius 2 is 0.931 bits per heavy atom. The van der Waals surface area contributed by atoms with Crippen molar-refractivity contribution >= 4 is 32.7 Å². The van der Waals surface area contributed by atoms with Crippen LogP contribution >= 0.6 is 0 Å². The summed E-state index contributed by atoms with van der Waals surface area (Å²) in [4.78, 5) is 0. The predicted molar refractivity (Wildman–Crippen MR) is 122 cm³/mol. The van der Waals surface area contributed by atoms with Crippen molar-refractivity contribution in [1.82, 2.24) is 0 Å². The van der Waals surface area contributed by atoms with Crippen molar-refractivity contribution in [1.29, 1.82) is 0 Å². The van der Waals surface area contributed by atoms with E-state index in [1.54, 1.807) is 0 Å². The first-order chi connectivity index (χ1) is 14.4. The van der Waals surface area contributed by atoms with Crippen LogP contribution in [0.4, 0.5) is 0 Å². The zero-order valence-corrected chi connectivity index (χ0v) is 15.8. The Kier molecular flexibility index (Phi) is 3.54. The molecule has 1 nitrogen and oxygen atoms in total. The number of hydrogen-bond acceptors (Lipinski definition) is 1. The van der Waals surface area contributed by atoms with E-state index in [2.05, 4.69) is 103 Å². The molecule has 0 N–H and O–H groups in total. The second-order valence-electron chi connectivity index (χ2n) is 7.36. The third-order valence-corrected chi connectivity index (χ3v) is 5.69. The van der Waals surface area contributed by atoms with Gasteiger partial charge in [-0.05, 0) is 21.9 Å². The topological polar surface area (TPSA) is 13.1 Å². The van der Waals surface area contributed by atoms with Crippen LogP contribution in [-0.2, 0) is 0 Å². The number of furan rings is 1. The van der Waals surface area contributed by atoms with Gasteiger partial charge in [0.1, 0.15) is 11.2 Å². The largest absolute Gasteiger partial charge is 0.455 e. The third-order valence-electron chi connectivity index (χ3n) is 5.69. The lowest BCUT2D eigenvalue weighted by molar-refractivity contribution is 0.671. The van der Waals surface area contributed by atoms with E-state index >= 15 is 0 Å². The molecule has 0 radical (unpaired) electrons. The van der Waals surface area contributed by atoms with Gasteiger partial charge in [-0.2, -0.15) is 0 Å². The highest BCUT2D eigenvalue weighted by Crippen LogP contribution is 2.41. The number of hydrogen-bond donors (Lipinski definition) is 0. The first-order valence-electron chi connectivity index (χ1n) is 9.88. The average Bonchev–Trinajstić information content (AvgIpc) is 3.18. The Hall–Kier alpha value is -3.84. The fourth-order valence-corrected chi connectivity index (χ4v) is 4.34. The fourth-order valence-electron chi connectivity index (χ4n) is 4.34. The zero-order valence-electron chi connectivity index (χ0n) is 15.8. The molecule has 0 unspecified atom stereocenters. The third kappa shape index (κ3) is 2.48. The molecule has 29 heavy (non-hydrogen) atoms. The van der Waals surface area contributed by atoms with Crippen LogP contribution in [0.1, 0.15) is 0 Å². The van der Waals surface area contributed by atoms with Gasteiger partial charge in [-0.15, -0.1) is 0 Å². The number of para-hydroxylation sites is 2. The van der Waals surface area contributed by atoms with E-state index in [1.165, 1.54) is 21.9 Å². The first-order valence-corrected chi connectivity index (χ1v) is 9.88. The van der Waals surface area contributed by atoms with Gasteiger partial charge in [0.15, 0.2) is 0 Å². The second kappa shape index (κ2) is 6.35. The van der Waals surface area contributed by atoms with Gasteiger partial charge in [-0.1, -0.05) is 109 Å². The summed E-state index contributed by atoms with van der Waals surface area (Å²) in [5.41, 5.74) is 6.53. The van der Waals surface area contributed by atoms with Gasteiger partial charge in [0, 0.05) is 21.9 Å². The summed E-state index contributed by atoms with van der Waals surface area (Å²) in [7, 11) is 0. The Bertz CT molecular complexity index is 1480. The lowest BCUT2D eigenvalue weighted by atomic mass is 9.96. The number of benzene rings is 5. The molecule has 1 heterocycles. The van der Waals surface area contributed by atoms with E-state index in [1.807, 2.05) is 6.07 Å². The van der Waals surface area contributed by atoms with Crippen molar-refractivity contribution in [3.8, 4) is 22.3 Å². The van der Waals surface area contributed by atoms with Crippen LogP contribution in [-0.4, -0.2) is 0 Å². The number of rotatable bonds is 2.